The van der Waals surface area contributed by atoms with Crippen molar-refractivity contribution >= 4 is 12.1 Å². The average molecular weight is 266 g/mol. The third-order valence-electron chi connectivity index (χ3n) is 2.17. The quantitative estimate of drug-likeness (QED) is 0.848. The second-order valence-corrected chi connectivity index (χ2v) is 5.10. The Labute approximate surface area is 112 Å². The largest absolute Gasteiger partial charge is 0.509 e. The Kier molecular flexibility index (Phi) is 4.92. The maximum Gasteiger partial charge on any atom is 0.509 e. The van der Waals surface area contributed by atoms with Gasteiger partial charge in [0.1, 0.15) is 5.60 Å². The first kappa shape index (κ1) is 15.0. The lowest BCUT2D eigenvalue weighted by molar-refractivity contribution is -0.149. The molecule has 0 aliphatic carbocycles. The molecule has 0 heterocycles. The highest BCUT2D eigenvalue weighted by atomic mass is 16.7. The molecule has 0 saturated carbocycles. The van der Waals surface area contributed by atoms with Gasteiger partial charge in [-0.15, -0.1) is 0 Å². The van der Waals surface area contributed by atoms with Crippen LogP contribution in [-0.4, -0.2) is 28.9 Å². The Morgan fingerprint density at radius 2 is 1.79 bits per heavy atom. The molecule has 0 bridgehead atoms. The van der Waals surface area contributed by atoms with Gasteiger partial charge < -0.3 is 14.6 Å². The van der Waals surface area contributed by atoms with E-state index < -0.39 is 23.8 Å². The van der Waals surface area contributed by atoms with Gasteiger partial charge >= 0.3 is 12.1 Å². The van der Waals surface area contributed by atoms with Gasteiger partial charge in [0.15, 0.2) is 0 Å². The van der Waals surface area contributed by atoms with Gasteiger partial charge in [0.25, 0.3) is 0 Å². The molecule has 0 fully saturated rings. The topological polar surface area (TPSA) is 72.8 Å². The molecule has 1 aromatic rings. The van der Waals surface area contributed by atoms with E-state index in [-0.39, 0.29) is 6.42 Å². The molecule has 1 N–H and O–H groups in total. The lowest BCUT2D eigenvalue weighted by atomic mass is 10.1. The molecule has 1 rings (SSSR count). The minimum Gasteiger partial charge on any atom is -0.478 e. The summed E-state index contributed by atoms with van der Waals surface area (Å²) in [5.74, 6) is -1.20. The van der Waals surface area contributed by atoms with E-state index in [0.29, 0.717) is 0 Å². The first-order valence-corrected chi connectivity index (χ1v) is 5.94. The third-order valence-corrected chi connectivity index (χ3v) is 2.17. The second kappa shape index (κ2) is 6.22. The Bertz CT molecular complexity index is 433. The number of carbonyl (C=O) groups excluding carboxylic acids is 1. The highest BCUT2D eigenvalue weighted by Gasteiger charge is 2.26. The SMILES string of the molecule is CC(C)(C)OC(=O)O[C@@H](Cc1ccccc1)C(=O)O. The van der Waals surface area contributed by atoms with Crippen LogP contribution in [0.1, 0.15) is 26.3 Å². The van der Waals surface area contributed by atoms with Crippen LogP contribution >= 0.6 is 0 Å². The summed E-state index contributed by atoms with van der Waals surface area (Å²) in [4.78, 5) is 22.5. The number of aliphatic carboxylic acids is 1. The smallest absolute Gasteiger partial charge is 0.478 e. The Morgan fingerprint density at radius 3 is 2.26 bits per heavy atom. The molecule has 0 spiro atoms. The average Bonchev–Trinajstić information content (AvgIpc) is 2.26. The molecule has 1 aromatic carbocycles. The minimum atomic E-state index is -1.25. The van der Waals surface area contributed by atoms with E-state index in [1.807, 2.05) is 6.07 Å². The molecule has 5 nitrogen and oxygen atoms in total. The zero-order valence-electron chi connectivity index (χ0n) is 11.3. The zero-order chi connectivity index (χ0) is 14.5. The molecule has 0 aromatic heterocycles. The molecule has 0 aliphatic heterocycles. The summed E-state index contributed by atoms with van der Waals surface area (Å²) in [6.45, 7) is 5.05. The number of carboxylic acids is 1. The van der Waals surface area contributed by atoms with Crippen LogP contribution in [0.2, 0.25) is 0 Å². The van der Waals surface area contributed by atoms with Crippen LogP contribution in [0, 0.1) is 0 Å². The molecule has 0 unspecified atom stereocenters. The first-order chi connectivity index (χ1) is 8.78. The van der Waals surface area contributed by atoms with Crippen molar-refractivity contribution in [1.29, 1.82) is 0 Å². The Balaban J connectivity index is 2.64. The van der Waals surface area contributed by atoms with E-state index in [0.717, 1.165) is 5.56 Å². The van der Waals surface area contributed by atoms with Crippen LogP contribution in [0.4, 0.5) is 4.79 Å². The van der Waals surface area contributed by atoms with Gasteiger partial charge in [0.05, 0.1) is 0 Å². The van der Waals surface area contributed by atoms with Gasteiger partial charge in [-0.3, -0.25) is 0 Å². The van der Waals surface area contributed by atoms with Gasteiger partial charge in [0, 0.05) is 6.42 Å². The van der Waals surface area contributed by atoms with E-state index in [2.05, 4.69) is 0 Å². The van der Waals surface area contributed by atoms with Gasteiger partial charge in [-0.25, -0.2) is 9.59 Å². The number of carboxylic acid groups (broad SMARTS) is 1. The number of rotatable bonds is 4. The fraction of sp³-hybridized carbons (Fsp3) is 0.429. The molecule has 104 valence electrons. The zero-order valence-corrected chi connectivity index (χ0v) is 11.3. The van der Waals surface area contributed by atoms with Crippen molar-refractivity contribution in [2.75, 3.05) is 0 Å². The lowest BCUT2D eigenvalue weighted by Crippen LogP contribution is -2.33. The standard InChI is InChI=1S/C14H18O5/c1-14(2,3)19-13(17)18-11(12(15)16)9-10-7-5-4-6-8-10/h4-8,11H,9H2,1-3H3,(H,15,16)/t11-/m0/s1. The first-order valence-electron chi connectivity index (χ1n) is 5.94. The summed E-state index contributed by atoms with van der Waals surface area (Å²) in [6.07, 6.45) is -2.12. The molecule has 0 saturated heterocycles. The summed E-state index contributed by atoms with van der Waals surface area (Å²) >= 11 is 0. The maximum absolute atomic E-state index is 11.5. The van der Waals surface area contributed by atoms with Crippen molar-refractivity contribution < 1.29 is 24.2 Å². The van der Waals surface area contributed by atoms with E-state index in [1.165, 1.54) is 0 Å². The number of hydrogen-bond acceptors (Lipinski definition) is 4. The Hall–Kier alpha value is -2.04. The van der Waals surface area contributed by atoms with Crippen molar-refractivity contribution in [3.8, 4) is 0 Å². The fourth-order valence-corrected chi connectivity index (χ4v) is 1.40. The number of hydrogen-bond donors (Lipinski definition) is 1. The highest BCUT2D eigenvalue weighted by molar-refractivity contribution is 5.76. The van der Waals surface area contributed by atoms with Crippen LogP contribution in [-0.2, 0) is 20.7 Å². The van der Waals surface area contributed by atoms with Gasteiger partial charge in [-0.1, -0.05) is 30.3 Å². The maximum atomic E-state index is 11.5. The van der Waals surface area contributed by atoms with Gasteiger partial charge in [-0.05, 0) is 26.3 Å². The van der Waals surface area contributed by atoms with Crippen molar-refractivity contribution in [3.05, 3.63) is 35.9 Å². The van der Waals surface area contributed by atoms with Crippen LogP contribution in [0.25, 0.3) is 0 Å². The van der Waals surface area contributed by atoms with Crippen molar-refractivity contribution in [2.24, 2.45) is 0 Å². The van der Waals surface area contributed by atoms with E-state index in [1.54, 1.807) is 45.0 Å². The summed E-state index contributed by atoms with van der Waals surface area (Å²) in [5, 5.41) is 9.05. The van der Waals surface area contributed by atoms with E-state index in [4.69, 9.17) is 14.6 Å². The van der Waals surface area contributed by atoms with Crippen LogP contribution in [0.3, 0.4) is 0 Å². The van der Waals surface area contributed by atoms with Gasteiger partial charge in [0.2, 0.25) is 6.10 Å². The van der Waals surface area contributed by atoms with Crippen LogP contribution < -0.4 is 0 Å². The van der Waals surface area contributed by atoms with E-state index >= 15 is 0 Å². The Morgan fingerprint density at radius 1 is 1.21 bits per heavy atom. The summed E-state index contributed by atoms with van der Waals surface area (Å²) in [7, 11) is 0. The fourth-order valence-electron chi connectivity index (χ4n) is 1.40. The monoisotopic (exact) mass is 266 g/mol. The molecule has 19 heavy (non-hydrogen) atoms. The van der Waals surface area contributed by atoms with Crippen molar-refractivity contribution in [1.82, 2.24) is 0 Å². The van der Waals surface area contributed by atoms with Gasteiger partial charge in [-0.2, -0.15) is 0 Å². The predicted octanol–water partition coefficient (Wildman–Crippen LogP) is 2.63. The molecule has 0 radical (unpaired) electrons. The summed E-state index contributed by atoms with van der Waals surface area (Å²) in [6, 6.07) is 8.96. The van der Waals surface area contributed by atoms with Crippen molar-refractivity contribution in [2.45, 2.75) is 38.9 Å². The second-order valence-electron chi connectivity index (χ2n) is 5.10. The van der Waals surface area contributed by atoms with Crippen LogP contribution in [0.15, 0.2) is 30.3 Å². The number of benzene rings is 1. The molecular formula is C14H18O5. The molecule has 5 heteroatoms. The summed E-state index contributed by atoms with van der Waals surface area (Å²) in [5.41, 5.74) is 0.0610. The van der Waals surface area contributed by atoms with Crippen LogP contribution in [0.5, 0.6) is 0 Å². The normalized spacial score (nSPS) is 12.6. The minimum absolute atomic E-state index is 0.107. The van der Waals surface area contributed by atoms with E-state index in [9.17, 15) is 9.59 Å². The molecule has 0 aliphatic rings. The summed E-state index contributed by atoms with van der Waals surface area (Å²) < 4.78 is 9.76. The lowest BCUT2D eigenvalue weighted by Gasteiger charge is -2.21. The molecular weight excluding hydrogens is 248 g/mol. The predicted molar refractivity (Wildman–Crippen MR) is 68.9 cm³/mol. The number of ether oxygens (including phenoxy) is 2. The number of carbonyl (C=O) groups is 2. The molecule has 0 amide bonds. The molecule has 1 atom stereocenters. The van der Waals surface area contributed by atoms with Crippen molar-refractivity contribution in [3.63, 3.8) is 0 Å². The highest BCUT2D eigenvalue weighted by Crippen LogP contribution is 2.12. The third kappa shape index (κ3) is 5.90.